The highest BCUT2D eigenvalue weighted by atomic mass is 32.1. The van der Waals surface area contributed by atoms with Gasteiger partial charge in [-0.3, -0.25) is 9.59 Å². The van der Waals surface area contributed by atoms with Gasteiger partial charge in [0.25, 0.3) is 5.56 Å². The first-order valence-corrected chi connectivity index (χ1v) is 7.78. The zero-order valence-electron chi connectivity index (χ0n) is 11.6. The summed E-state index contributed by atoms with van der Waals surface area (Å²) in [6.07, 6.45) is 2.30. The van der Waals surface area contributed by atoms with Crippen LogP contribution in [0.3, 0.4) is 0 Å². The molecule has 1 saturated heterocycles. The molecule has 0 bridgehead atoms. The molecule has 6 heteroatoms. The third-order valence-electron chi connectivity index (χ3n) is 3.70. The standard InChI is InChI=1S/C15H17N3O2S/c16-7-11-5-14(20)18(9-11)15-6-12(10-21-15)8-17-4-2-1-3-13(17)19/h1-4,6,10-11H,5,7-9,16H2. The van der Waals surface area contributed by atoms with Gasteiger partial charge in [-0.15, -0.1) is 11.3 Å². The topological polar surface area (TPSA) is 68.3 Å². The molecule has 5 nitrogen and oxygen atoms in total. The Balaban J connectivity index is 1.77. The van der Waals surface area contributed by atoms with Crippen LogP contribution in [0, 0.1) is 5.92 Å². The lowest BCUT2D eigenvalue weighted by atomic mass is 10.1. The van der Waals surface area contributed by atoms with Crippen molar-refractivity contribution in [3.05, 3.63) is 51.8 Å². The van der Waals surface area contributed by atoms with Crippen LogP contribution in [0.15, 0.2) is 40.6 Å². The van der Waals surface area contributed by atoms with E-state index in [2.05, 4.69) is 0 Å². The molecule has 0 aromatic carbocycles. The minimum Gasteiger partial charge on any atom is -0.330 e. The maximum Gasteiger partial charge on any atom is 0.250 e. The van der Waals surface area contributed by atoms with Crippen LogP contribution in [-0.4, -0.2) is 23.6 Å². The Morgan fingerprint density at radius 2 is 2.19 bits per heavy atom. The lowest BCUT2D eigenvalue weighted by Gasteiger charge is -2.13. The van der Waals surface area contributed by atoms with Gasteiger partial charge in [-0.1, -0.05) is 6.07 Å². The third-order valence-corrected chi connectivity index (χ3v) is 4.70. The van der Waals surface area contributed by atoms with Gasteiger partial charge < -0.3 is 15.2 Å². The van der Waals surface area contributed by atoms with Crippen molar-refractivity contribution in [2.75, 3.05) is 18.0 Å². The van der Waals surface area contributed by atoms with Gasteiger partial charge in [-0.25, -0.2) is 0 Å². The molecule has 1 aliphatic rings. The van der Waals surface area contributed by atoms with Gasteiger partial charge in [0.2, 0.25) is 5.91 Å². The van der Waals surface area contributed by atoms with Gasteiger partial charge in [0.05, 0.1) is 11.5 Å². The molecule has 3 heterocycles. The molecule has 3 rings (SSSR count). The molecule has 2 N–H and O–H groups in total. The van der Waals surface area contributed by atoms with Gasteiger partial charge in [-0.2, -0.15) is 0 Å². The molecule has 0 aliphatic carbocycles. The molecule has 1 amide bonds. The molecule has 110 valence electrons. The van der Waals surface area contributed by atoms with E-state index in [1.807, 2.05) is 17.5 Å². The van der Waals surface area contributed by atoms with Gasteiger partial charge >= 0.3 is 0 Å². The van der Waals surface area contributed by atoms with E-state index < -0.39 is 0 Å². The Morgan fingerprint density at radius 1 is 1.33 bits per heavy atom. The maximum atomic E-state index is 12.0. The van der Waals surface area contributed by atoms with E-state index >= 15 is 0 Å². The number of rotatable bonds is 4. The maximum absolute atomic E-state index is 12.0. The fraction of sp³-hybridized carbons (Fsp3) is 0.333. The van der Waals surface area contributed by atoms with Crippen LogP contribution < -0.4 is 16.2 Å². The van der Waals surface area contributed by atoms with Gasteiger partial charge in [-0.05, 0) is 35.5 Å². The highest BCUT2D eigenvalue weighted by Gasteiger charge is 2.30. The van der Waals surface area contributed by atoms with Crippen molar-refractivity contribution < 1.29 is 4.79 Å². The molecule has 1 atom stereocenters. The number of nitrogens with zero attached hydrogens (tertiary/aromatic N) is 2. The number of carbonyl (C=O) groups excluding carboxylic acids is 1. The highest BCUT2D eigenvalue weighted by molar-refractivity contribution is 7.14. The average Bonchev–Trinajstić information content (AvgIpc) is 3.07. The SMILES string of the molecule is NCC1CC(=O)N(c2cc(Cn3ccccc3=O)cs2)C1. The normalized spacial score (nSPS) is 18.4. The van der Waals surface area contributed by atoms with E-state index in [4.69, 9.17) is 5.73 Å². The largest absolute Gasteiger partial charge is 0.330 e. The van der Waals surface area contributed by atoms with Crippen LogP contribution in [0.25, 0.3) is 0 Å². The summed E-state index contributed by atoms with van der Waals surface area (Å²) in [7, 11) is 0. The number of hydrogen-bond donors (Lipinski definition) is 1. The molecule has 1 fully saturated rings. The van der Waals surface area contributed by atoms with Crippen molar-refractivity contribution in [1.82, 2.24) is 4.57 Å². The molecule has 2 aromatic rings. The van der Waals surface area contributed by atoms with E-state index in [-0.39, 0.29) is 17.4 Å². The van der Waals surface area contributed by atoms with Crippen LogP contribution in [0.2, 0.25) is 0 Å². The van der Waals surface area contributed by atoms with E-state index in [1.54, 1.807) is 27.8 Å². The van der Waals surface area contributed by atoms with Crippen LogP contribution in [-0.2, 0) is 11.3 Å². The molecule has 2 aromatic heterocycles. The molecule has 21 heavy (non-hydrogen) atoms. The number of hydrogen-bond acceptors (Lipinski definition) is 4. The summed E-state index contributed by atoms with van der Waals surface area (Å²) in [5.74, 6) is 0.385. The monoisotopic (exact) mass is 303 g/mol. The molecule has 0 saturated carbocycles. The fourth-order valence-corrected chi connectivity index (χ4v) is 3.47. The van der Waals surface area contributed by atoms with Crippen molar-refractivity contribution >= 4 is 22.2 Å². The van der Waals surface area contributed by atoms with Crippen molar-refractivity contribution in [3.8, 4) is 0 Å². The minimum absolute atomic E-state index is 0.0225. The second-order valence-corrected chi connectivity index (χ2v) is 6.16. The summed E-state index contributed by atoms with van der Waals surface area (Å²) < 4.78 is 1.65. The Kier molecular flexibility index (Phi) is 3.90. The number of carbonyl (C=O) groups is 1. The fourth-order valence-electron chi connectivity index (χ4n) is 2.53. The number of amides is 1. The predicted molar refractivity (Wildman–Crippen MR) is 83.6 cm³/mol. The second-order valence-electron chi connectivity index (χ2n) is 5.27. The predicted octanol–water partition coefficient (Wildman–Crippen LogP) is 1.27. The molecule has 0 radical (unpaired) electrons. The highest BCUT2D eigenvalue weighted by Crippen LogP contribution is 2.30. The number of pyridine rings is 1. The van der Waals surface area contributed by atoms with Crippen LogP contribution in [0.1, 0.15) is 12.0 Å². The summed E-state index contributed by atoms with van der Waals surface area (Å²) in [4.78, 5) is 25.5. The summed E-state index contributed by atoms with van der Waals surface area (Å²) >= 11 is 1.54. The summed E-state index contributed by atoms with van der Waals surface area (Å²) in [6, 6.07) is 7.10. The Bertz CT molecular complexity index is 707. The van der Waals surface area contributed by atoms with Crippen molar-refractivity contribution in [2.45, 2.75) is 13.0 Å². The van der Waals surface area contributed by atoms with Gasteiger partial charge in [0.1, 0.15) is 0 Å². The first-order valence-electron chi connectivity index (χ1n) is 6.90. The van der Waals surface area contributed by atoms with Crippen molar-refractivity contribution in [1.29, 1.82) is 0 Å². The number of thiophene rings is 1. The lowest BCUT2D eigenvalue weighted by molar-refractivity contribution is -0.117. The first kappa shape index (κ1) is 14.0. The molecular weight excluding hydrogens is 286 g/mol. The summed E-state index contributed by atoms with van der Waals surface area (Å²) in [5, 5.41) is 2.94. The quantitative estimate of drug-likeness (QED) is 0.925. The average molecular weight is 303 g/mol. The molecule has 1 unspecified atom stereocenters. The summed E-state index contributed by atoms with van der Waals surface area (Å²) in [5.41, 5.74) is 6.66. The zero-order chi connectivity index (χ0) is 14.8. The minimum atomic E-state index is -0.0225. The Hall–Kier alpha value is -1.92. The number of anilines is 1. The first-order chi connectivity index (χ1) is 10.2. The Morgan fingerprint density at radius 3 is 2.90 bits per heavy atom. The molecule has 0 spiro atoms. The van der Waals surface area contributed by atoms with Gasteiger partial charge in [0.15, 0.2) is 0 Å². The number of aromatic nitrogens is 1. The molecular formula is C15H17N3O2S. The van der Waals surface area contributed by atoms with Crippen molar-refractivity contribution in [2.24, 2.45) is 11.7 Å². The summed E-state index contributed by atoms with van der Waals surface area (Å²) in [6.45, 7) is 1.76. The van der Waals surface area contributed by atoms with Crippen LogP contribution in [0.4, 0.5) is 5.00 Å². The van der Waals surface area contributed by atoms with Crippen LogP contribution in [0.5, 0.6) is 0 Å². The van der Waals surface area contributed by atoms with E-state index in [0.29, 0.717) is 26.1 Å². The second kappa shape index (κ2) is 5.83. The van der Waals surface area contributed by atoms with E-state index in [0.717, 1.165) is 10.6 Å². The van der Waals surface area contributed by atoms with Gasteiger partial charge in [0, 0.05) is 25.2 Å². The number of nitrogens with two attached hydrogens (primary N) is 1. The van der Waals surface area contributed by atoms with Crippen LogP contribution >= 0.6 is 11.3 Å². The zero-order valence-corrected chi connectivity index (χ0v) is 12.4. The third kappa shape index (κ3) is 2.91. The Labute approximate surface area is 126 Å². The van der Waals surface area contributed by atoms with E-state index in [1.165, 1.54) is 11.3 Å². The molecule has 1 aliphatic heterocycles. The van der Waals surface area contributed by atoms with E-state index in [9.17, 15) is 9.59 Å². The van der Waals surface area contributed by atoms with Crippen molar-refractivity contribution in [3.63, 3.8) is 0 Å². The smallest absolute Gasteiger partial charge is 0.250 e. The lowest BCUT2D eigenvalue weighted by Crippen LogP contribution is -2.24.